The van der Waals surface area contributed by atoms with Gasteiger partial charge in [-0.1, -0.05) is 24.3 Å². The van der Waals surface area contributed by atoms with Gasteiger partial charge in [-0.2, -0.15) is 0 Å². The molecule has 0 amide bonds. The van der Waals surface area contributed by atoms with Crippen LogP contribution in [0.3, 0.4) is 0 Å². The van der Waals surface area contributed by atoms with E-state index >= 15 is 0 Å². The maximum atomic E-state index is 13.2. The molecular weight excluding hydrogens is 385 g/mol. The molecule has 3 aromatic carbocycles. The standard InChI is InChI=1S/C21H17F3N2OS/c22-16-5-1-15(2-6-16)13-27-18-8-3-14(4-9-18)12-25-21(28)26-17-7-10-19(23)20(24)11-17/h1-11H,12-13H2,(H2,25,26,28). The molecule has 0 aliphatic heterocycles. The quantitative estimate of drug-likeness (QED) is 0.558. The van der Waals surface area contributed by atoms with Crippen LogP contribution in [-0.4, -0.2) is 5.11 Å². The molecule has 0 spiro atoms. The summed E-state index contributed by atoms with van der Waals surface area (Å²) in [5.41, 5.74) is 2.20. The average Bonchev–Trinajstić information content (AvgIpc) is 2.69. The fourth-order valence-electron chi connectivity index (χ4n) is 2.38. The van der Waals surface area contributed by atoms with Crippen molar-refractivity contribution in [2.45, 2.75) is 13.2 Å². The molecule has 7 heteroatoms. The molecule has 3 aromatic rings. The number of ether oxygens (including phenoxy) is 1. The molecule has 3 rings (SSSR count). The van der Waals surface area contributed by atoms with Crippen LogP contribution in [0.5, 0.6) is 5.75 Å². The van der Waals surface area contributed by atoms with E-state index in [2.05, 4.69) is 10.6 Å². The molecule has 144 valence electrons. The molecule has 0 unspecified atom stereocenters. The van der Waals surface area contributed by atoms with Crippen LogP contribution in [0.4, 0.5) is 18.9 Å². The second kappa shape index (κ2) is 9.23. The smallest absolute Gasteiger partial charge is 0.171 e. The highest BCUT2D eigenvalue weighted by atomic mass is 32.1. The first-order chi connectivity index (χ1) is 13.5. The van der Waals surface area contributed by atoms with Crippen molar-refractivity contribution in [1.29, 1.82) is 0 Å². The van der Waals surface area contributed by atoms with Crippen molar-refractivity contribution in [2.24, 2.45) is 0 Å². The molecule has 0 bridgehead atoms. The van der Waals surface area contributed by atoms with E-state index in [1.54, 1.807) is 12.1 Å². The fraction of sp³-hybridized carbons (Fsp3) is 0.0952. The maximum absolute atomic E-state index is 13.2. The summed E-state index contributed by atoms with van der Waals surface area (Å²) < 4.78 is 44.7. The zero-order valence-electron chi connectivity index (χ0n) is 14.7. The zero-order valence-corrected chi connectivity index (χ0v) is 15.5. The van der Waals surface area contributed by atoms with E-state index in [4.69, 9.17) is 17.0 Å². The van der Waals surface area contributed by atoms with E-state index < -0.39 is 11.6 Å². The van der Waals surface area contributed by atoms with Crippen LogP contribution in [-0.2, 0) is 13.2 Å². The number of hydrogen-bond donors (Lipinski definition) is 2. The number of rotatable bonds is 6. The molecule has 3 nitrogen and oxygen atoms in total. The molecule has 0 aliphatic carbocycles. The van der Waals surface area contributed by atoms with E-state index in [0.29, 0.717) is 29.7 Å². The minimum Gasteiger partial charge on any atom is -0.489 e. The third kappa shape index (κ3) is 5.72. The first kappa shape index (κ1) is 19.7. The van der Waals surface area contributed by atoms with Crippen molar-refractivity contribution in [2.75, 3.05) is 5.32 Å². The first-order valence-corrected chi connectivity index (χ1v) is 8.86. The van der Waals surface area contributed by atoms with Crippen molar-refractivity contribution < 1.29 is 17.9 Å². The molecule has 0 atom stereocenters. The number of benzene rings is 3. The van der Waals surface area contributed by atoms with Crippen LogP contribution in [0, 0.1) is 17.5 Å². The van der Waals surface area contributed by atoms with Gasteiger partial charge in [0.2, 0.25) is 0 Å². The lowest BCUT2D eigenvalue weighted by Crippen LogP contribution is -2.27. The van der Waals surface area contributed by atoms with Gasteiger partial charge in [0.15, 0.2) is 16.7 Å². The largest absolute Gasteiger partial charge is 0.489 e. The zero-order chi connectivity index (χ0) is 19.9. The van der Waals surface area contributed by atoms with Crippen molar-refractivity contribution in [3.63, 3.8) is 0 Å². The normalized spacial score (nSPS) is 10.4. The topological polar surface area (TPSA) is 33.3 Å². The lowest BCUT2D eigenvalue weighted by Gasteiger charge is -2.11. The third-order valence-corrected chi connectivity index (χ3v) is 4.12. The van der Waals surface area contributed by atoms with Crippen molar-refractivity contribution in [3.05, 3.63) is 95.3 Å². The van der Waals surface area contributed by atoms with Crippen molar-refractivity contribution in [1.82, 2.24) is 5.32 Å². The highest BCUT2D eigenvalue weighted by Gasteiger charge is 2.04. The number of nitrogens with one attached hydrogen (secondary N) is 2. The predicted molar refractivity (Wildman–Crippen MR) is 107 cm³/mol. The average molecular weight is 402 g/mol. The molecule has 0 saturated carbocycles. The number of thiocarbonyl (C=S) groups is 1. The summed E-state index contributed by atoms with van der Waals surface area (Å²) in [4.78, 5) is 0. The second-order valence-electron chi connectivity index (χ2n) is 6.00. The summed E-state index contributed by atoms with van der Waals surface area (Å²) in [7, 11) is 0. The Bertz CT molecular complexity index is 947. The van der Waals surface area contributed by atoms with Gasteiger partial charge in [0.1, 0.15) is 18.2 Å². The van der Waals surface area contributed by atoms with E-state index in [0.717, 1.165) is 23.3 Å². The summed E-state index contributed by atoms with van der Waals surface area (Å²) in [6.07, 6.45) is 0. The van der Waals surface area contributed by atoms with Gasteiger partial charge >= 0.3 is 0 Å². The molecule has 0 aromatic heterocycles. The van der Waals surface area contributed by atoms with Gasteiger partial charge in [-0.3, -0.25) is 0 Å². The lowest BCUT2D eigenvalue weighted by atomic mass is 10.2. The van der Waals surface area contributed by atoms with Gasteiger partial charge in [0, 0.05) is 18.3 Å². The predicted octanol–water partition coefficient (Wildman–Crippen LogP) is 5.17. The Morgan fingerprint density at radius 2 is 1.50 bits per heavy atom. The Balaban J connectivity index is 1.46. The Hall–Kier alpha value is -3.06. The van der Waals surface area contributed by atoms with Gasteiger partial charge in [0.25, 0.3) is 0 Å². The molecular formula is C21H17F3N2OS. The minimum atomic E-state index is -0.941. The van der Waals surface area contributed by atoms with Crippen LogP contribution >= 0.6 is 12.2 Å². The Kier molecular flexibility index (Phi) is 6.49. The number of anilines is 1. The van der Waals surface area contributed by atoms with Gasteiger partial charge in [0.05, 0.1) is 0 Å². The van der Waals surface area contributed by atoms with Crippen LogP contribution in [0.25, 0.3) is 0 Å². The number of hydrogen-bond acceptors (Lipinski definition) is 2. The summed E-state index contributed by atoms with van der Waals surface area (Å²) in [6, 6.07) is 17.0. The maximum Gasteiger partial charge on any atom is 0.171 e. The van der Waals surface area contributed by atoms with Crippen LogP contribution in [0.1, 0.15) is 11.1 Å². The molecule has 0 fully saturated rings. The van der Waals surface area contributed by atoms with Crippen LogP contribution in [0.15, 0.2) is 66.7 Å². The van der Waals surface area contributed by atoms with Gasteiger partial charge in [-0.05, 0) is 59.7 Å². The van der Waals surface area contributed by atoms with E-state index in [1.165, 1.54) is 18.2 Å². The Labute approximate surface area is 166 Å². The van der Waals surface area contributed by atoms with E-state index in [-0.39, 0.29) is 5.82 Å². The van der Waals surface area contributed by atoms with Gasteiger partial charge < -0.3 is 15.4 Å². The fourth-order valence-corrected chi connectivity index (χ4v) is 2.57. The van der Waals surface area contributed by atoms with Crippen molar-refractivity contribution >= 4 is 23.0 Å². The number of halogens is 3. The Morgan fingerprint density at radius 3 is 2.18 bits per heavy atom. The van der Waals surface area contributed by atoms with Gasteiger partial charge in [-0.25, -0.2) is 13.2 Å². The van der Waals surface area contributed by atoms with Crippen LogP contribution < -0.4 is 15.4 Å². The van der Waals surface area contributed by atoms with E-state index in [1.807, 2.05) is 24.3 Å². The second-order valence-corrected chi connectivity index (χ2v) is 6.40. The minimum absolute atomic E-state index is 0.280. The third-order valence-electron chi connectivity index (χ3n) is 3.87. The van der Waals surface area contributed by atoms with Gasteiger partial charge in [-0.15, -0.1) is 0 Å². The summed E-state index contributed by atoms with van der Waals surface area (Å²) in [5, 5.41) is 6.08. The van der Waals surface area contributed by atoms with E-state index in [9.17, 15) is 13.2 Å². The highest BCUT2D eigenvalue weighted by Crippen LogP contribution is 2.15. The Morgan fingerprint density at radius 1 is 0.821 bits per heavy atom. The highest BCUT2D eigenvalue weighted by molar-refractivity contribution is 7.80. The SMILES string of the molecule is Fc1ccc(COc2ccc(CNC(=S)Nc3ccc(F)c(F)c3)cc2)cc1. The molecule has 0 aliphatic rings. The summed E-state index contributed by atoms with van der Waals surface area (Å²) >= 11 is 5.15. The summed E-state index contributed by atoms with van der Waals surface area (Å²) in [6.45, 7) is 0.799. The molecule has 0 saturated heterocycles. The molecule has 28 heavy (non-hydrogen) atoms. The lowest BCUT2D eigenvalue weighted by molar-refractivity contribution is 0.306. The molecule has 0 radical (unpaired) electrons. The molecule has 2 N–H and O–H groups in total. The molecule has 0 heterocycles. The van der Waals surface area contributed by atoms with Crippen LogP contribution in [0.2, 0.25) is 0 Å². The van der Waals surface area contributed by atoms with Crippen molar-refractivity contribution in [3.8, 4) is 5.75 Å². The first-order valence-electron chi connectivity index (χ1n) is 8.46. The summed E-state index contributed by atoms with van der Waals surface area (Å²) in [5.74, 6) is -1.44. The monoisotopic (exact) mass is 402 g/mol.